The van der Waals surface area contributed by atoms with Gasteiger partial charge < -0.3 is 28.8 Å². The summed E-state index contributed by atoms with van der Waals surface area (Å²) in [5.74, 6) is 0. The summed E-state index contributed by atoms with van der Waals surface area (Å²) >= 11 is 0. The molecule has 6 heteroatoms. The monoisotopic (exact) mass is 322 g/mol. The zero-order chi connectivity index (χ0) is 16.1. The molecule has 0 saturated heterocycles. The van der Waals surface area contributed by atoms with Crippen LogP contribution in [0.25, 0.3) is 0 Å². The standard InChI is InChI=1S/C16H34O6/c1-2-3-7-18-12-15-22-16-13-20-9-5-4-8-19-11-14-21-10-6-17/h17H,2-16H2,1H3. The Morgan fingerprint density at radius 3 is 1.27 bits per heavy atom. The lowest BCUT2D eigenvalue weighted by Gasteiger charge is -2.07. The predicted octanol–water partition coefficient (Wildman–Crippen LogP) is 1.64. The van der Waals surface area contributed by atoms with E-state index < -0.39 is 0 Å². The summed E-state index contributed by atoms with van der Waals surface area (Å²) < 4.78 is 26.7. The van der Waals surface area contributed by atoms with Gasteiger partial charge in [0.2, 0.25) is 0 Å². The molecule has 134 valence electrons. The van der Waals surface area contributed by atoms with Gasteiger partial charge in [0.05, 0.1) is 52.9 Å². The quantitative estimate of drug-likeness (QED) is 0.365. The molecule has 0 bridgehead atoms. The van der Waals surface area contributed by atoms with Crippen molar-refractivity contribution < 1.29 is 28.8 Å². The third kappa shape index (κ3) is 19.8. The first kappa shape index (κ1) is 21.8. The first-order chi connectivity index (χ1) is 10.9. The van der Waals surface area contributed by atoms with Gasteiger partial charge in [-0.15, -0.1) is 0 Å². The van der Waals surface area contributed by atoms with E-state index in [2.05, 4.69) is 6.92 Å². The topological polar surface area (TPSA) is 66.4 Å². The number of hydrogen-bond donors (Lipinski definition) is 1. The van der Waals surface area contributed by atoms with Crippen LogP contribution in [0.1, 0.15) is 32.6 Å². The molecule has 0 aromatic carbocycles. The fourth-order valence-corrected chi connectivity index (χ4v) is 1.58. The average molecular weight is 322 g/mol. The minimum absolute atomic E-state index is 0.0624. The normalized spacial score (nSPS) is 11.2. The molecule has 0 unspecified atom stereocenters. The molecule has 0 atom stereocenters. The van der Waals surface area contributed by atoms with Crippen molar-refractivity contribution in [1.82, 2.24) is 0 Å². The number of unbranched alkanes of at least 4 members (excludes halogenated alkanes) is 2. The van der Waals surface area contributed by atoms with Gasteiger partial charge in [-0.2, -0.15) is 0 Å². The van der Waals surface area contributed by atoms with Crippen LogP contribution in [0.5, 0.6) is 0 Å². The number of hydrogen-bond acceptors (Lipinski definition) is 6. The van der Waals surface area contributed by atoms with Crippen molar-refractivity contribution in [3.05, 3.63) is 0 Å². The van der Waals surface area contributed by atoms with Crippen LogP contribution in [0.15, 0.2) is 0 Å². The summed E-state index contributed by atoms with van der Waals surface area (Å²) in [6.07, 6.45) is 4.24. The molecular weight excluding hydrogens is 288 g/mol. The number of aliphatic hydroxyl groups excluding tert-OH is 1. The second-order valence-electron chi connectivity index (χ2n) is 4.85. The van der Waals surface area contributed by atoms with Gasteiger partial charge in [-0.1, -0.05) is 13.3 Å². The van der Waals surface area contributed by atoms with Crippen molar-refractivity contribution >= 4 is 0 Å². The SMILES string of the molecule is CCCCOCCOCCOCCCCOCCOCCO. The molecule has 0 heterocycles. The van der Waals surface area contributed by atoms with E-state index in [1.54, 1.807) is 0 Å². The van der Waals surface area contributed by atoms with Crippen LogP contribution in [0.3, 0.4) is 0 Å². The lowest BCUT2D eigenvalue weighted by Crippen LogP contribution is -2.11. The second-order valence-corrected chi connectivity index (χ2v) is 4.85. The van der Waals surface area contributed by atoms with Crippen LogP contribution in [-0.4, -0.2) is 77.8 Å². The van der Waals surface area contributed by atoms with E-state index in [0.717, 1.165) is 45.5 Å². The summed E-state index contributed by atoms with van der Waals surface area (Å²) in [5, 5.41) is 8.51. The fourth-order valence-electron chi connectivity index (χ4n) is 1.58. The van der Waals surface area contributed by atoms with Crippen molar-refractivity contribution in [3.63, 3.8) is 0 Å². The van der Waals surface area contributed by atoms with Crippen LogP contribution in [-0.2, 0) is 23.7 Å². The lowest BCUT2D eigenvalue weighted by atomic mass is 10.3. The van der Waals surface area contributed by atoms with Crippen molar-refractivity contribution in [2.45, 2.75) is 32.6 Å². The summed E-state index contributed by atoms with van der Waals surface area (Å²) in [7, 11) is 0. The van der Waals surface area contributed by atoms with E-state index in [4.69, 9.17) is 28.8 Å². The van der Waals surface area contributed by atoms with Gasteiger partial charge in [0.1, 0.15) is 0 Å². The number of rotatable bonds is 19. The Hall–Kier alpha value is -0.240. The van der Waals surface area contributed by atoms with Gasteiger partial charge in [-0.05, 0) is 19.3 Å². The van der Waals surface area contributed by atoms with E-state index in [0.29, 0.717) is 46.2 Å². The molecule has 22 heavy (non-hydrogen) atoms. The van der Waals surface area contributed by atoms with E-state index in [1.807, 2.05) is 0 Å². The van der Waals surface area contributed by atoms with Gasteiger partial charge in [0.25, 0.3) is 0 Å². The first-order valence-corrected chi connectivity index (χ1v) is 8.41. The highest BCUT2D eigenvalue weighted by atomic mass is 16.5. The molecule has 0 fully saturated rings. The van der Waals surface area contributed by atoms with Gasteiger partial charge in [0.15, 0.2) is 0 Å². The molecular formula is C16H34O6. The van der Waals surface area contributed by atoms with Crippen molar-refractivity contribution in [2.75, 3.05) is 72.7 Å². The Labute approximate surface area is 135 Å². The molecule has 0 aromatic heterocycles. The van der Waals surface area contributed by atoms with E-state index in [-0.39, 0.29) is 6.61 Å². The molecule has 0 aliphatic rings. The van der Waals surface area contributed by atoms with Crippen LogP contribution in [0.2, 0.25) is 0 Å². The summed E-state index contributed by atoms with van der Waals surface area (Å²) in [6.45, 7) is 8.54. The maximum atomic E-state index is 8.51. The van der Waals surface area contributed by atoms with Gasteiger partial charge in [0, 0.05) is 19.8 Å². The van der Waals surface area contributed by atoms with Crippen LogP contribution in [0.4, 0.5) is 0 Å². The third-order valence-corrected chi connectivity index (χ3v) is 2.82. The van der Waals surface area contributed by atoms with E-state index in [1.165, 1.54) is 0 Å². The lowest BCUT2D eigenvalue weighted by molar-refractivity contribution is 0.0104. The zero-order valence-corrected chi connectivity index (χ0v) is 14.1. The smallest absolute Gasteiger partial charge is 0.0701 e. The van der Waals surface area contributed by atoms with Crippen LogP contribution < -0.4 is 0 Å². The second kappa shape index (κ2) is 20.8. The minimum Gasteiger partial charge on any atom is -0.394 e. The Morgan fingerprint density at radius 1 is 0.500 bits per heavy atom. The summed E-state index contributed by atoms with van der Waals surface area (Å²) in [6, 6.07) is 0. The average Bonchev–Trinajstić information content (AvgIpc) is 2.54. The molecule has 0 aromatic rings. The molecule has 0 aliphatic carbocycles. The molecule has 0 radical (unpaired) electrons. The number of ether oxygens (including phenoxy) is 5. The first-order valence-electron chi connectivity index (χ1n) is 8.41. The molecule has 0 rings (SSSR count). The van der Waals surface area contributed by atoms with Gasteiger partial charge in [-0.3, -0.25) is 0 Å². The Bertz CT molecular complexity index is 171. The third-order valence-electron chi connectivity index (χ3n) is 2.82. The van der Waals surface area contributed by atoms with Crippen molar-refractivity contribution in [1.29, 1.82) is 0 Å². The largest absolute Gasteiger partial charge is 0.394 e. The zero-order valence-electron chi connectivity index (χ0n) is 14.1. The van der Waals surface area contributed by atoms with Crippen LogP contribution >= 0.6 is 0 Å². The summed E-state index contributed by atoms with van der Waals surface area (Å²) in [5.41, 5.74) is 0. The Balaban J connectivity index is 2.91. The Kier molecular flexibility index (Phi) is 20.5. The highest BCUT2D eigenvalue weighted by Gasteiger charge is 1.93. The minimum atomic E-state index is 0.0624. The molecule has 0 spiro atoms. The molecule has 6 nitrogen and oxygen atoms in total. The Morgan fingerprint density at radius 2 is 0.864 bits per heavy atom. The van der Waals surface area contributed by atoms with Crippen molar-refractivity contribution in [3.8, 4) is 0 Å². The number of aliphatic hydroxyl groups is 1. The molecule has 0 saturated carbocycles. The summed E-state index contributed by atoms with van der Waals surface area (Å²) in [4.78, 5) is 0. The molecule has 0 aliphatic heterocycles. The highest BCUT2D eigenvalue weighted by Crippen LogP contribution is 1.92. The van der Waals surface area contributed by atoms with Gasteiger partial charge in [-0.25, -0.2) is 0 Å². The molecule has 0 amide bonds. The predicted molar refractivity (Wildman–Crippen MR) is 85.3 cm³/mol. The van der Waals surface area contributed by atoms with Crippen molar-refractivity contribution in [2.24, 2.45) is 0 Å². The molecule has 1 N–H and O–H groups in total. The van der Waals surface area contributed by atoms with Crippen LogP contribution in [0, 0.1) is 0 Å². The maximum absolute atomic E-state index is 8.51. The van der Waals surface area contributed by atoms with Gasteiger partial charge >= 0.3 is 0 Å². The fraction of sp³-hybridized carbons (Fsp3) is 1.00. The van der Waals surface area contributed by atoms with E-state index in [9.17, 15) is 0 Å². The highest BCUT2D eigenvalue weighted by molar-refractivity contribution is 4.40. The maximum Gasteiger partial charge on any atom is 0.0701 e. The van der Waals surface area contributed by atoms with E-state index >= 15 is 0 Å².